The lowest BCUT2D eigenvalue weighted by Gasteiger charge is -2.41. The smallest absolute Gasteiger partial charge is 0.239 e. The SMILES string of the molecule is CC(CC(=O)N1CCN(C(=O)C(N)C(C)C)CC1C)CC(C)(C)C. The van der Waals surface area contributed by atoms with Crippen molar-refractivity contribution in [3.63, 3.8) is 0 Å². The molecule has 0 bridgehead atoms. The Hall–Kier alpha value is -1.10. The maximum absolute atomic E-state index is 12.6. The van der Waals surface area contributed by atoms with Gasteiger partial charge in [0.05, 0.1) is 6.04 Å². The van der Waals surface area contributed by atoms with E-state index >= 15 is 0 Å². The molecule has 0 aromatic heterocycles. The summed E-state index contributed by atoms with van der Waals surface area (Å²) in [4.78, 5) is 28.8. The van der Waals surface area contributed by atoms with Crippen LogP contribution in [0, 0.1) is 17.3 Å². The van der Waals surface area contributed by atoms with Crippen LogP contribution in [0.2, 0.25) is 0 Å². The lowest BCUT2D eigenvalue weighted by atomic mass is 9.84. The number of carbonyl (C=O) groups excluding carboxylic acids is 2. The van der Waals surface area contributed by atoms with Crippen molar-refractivity contribution in [2.75, 3.05) is 19.6 Å². The van der Waals surface area contributed by atoms with Gasteiger partial charge in [-0.05, 0) is 30.6 Å². The van der Waals surface area contributed by atoms with Crippen LogP contribution in [-0.4, -0.2) is 53.3 Å². The van der Waals surface area contributed by atoms with Crippen LogP contribution in [0.5, 0.6) is 0 Å². The Bertz CT molecular complexity index is 442. The topological polar surface area (TPSA) is 66.6 Å². The van der Waals surface area contributed by atoms with Crippen molar-refractivity contribution < 1.29 is 9.59 Å². The van der Waals surface area contributed by atoms with Gasteiger partial charge in [0.1, 0.15) is 0 Å². The molecule has 1 aliphatic heterocycles. The fraction of sp³-hybridized carbons (Fsp3) is 0.895. The highest BCUT2D eigenvalue weighted by atomic mass is 16.2. The first kappa shape index (κ1) is 20.9. The molecule has 5 heteroatoms. The number of amides is 2. The van der Waals surface area contributed by atoms with Crippen LogP contribution in [0.1, 0.15) is 61.3 Å². The Morgan fingerprint density at radius 3 is 2.21 bits per heavy atom. The number of rotatable bonds is 5. The summed E-state index contributed by atoms with van der Waals surface area (Å²) in [6.07, 6.45) is 1.62. The molecule has 1 rings (SSSR count). The van der Waals surface area contributed by atoms with Crippen LogP contribution < -0.4 is 5.73 Å². The molecule has 0 saturated carbocycles. The first-order chi connectivity index (χ1) is 10.9. The summed E-state index contributed by atoms with van der Waals surface area (Å²) in [5, 5.41) is 0. The number of hydrogen-bond donors (Lipinski definition) is 1. The minimum atomic E-state index is -0.453. The molecule has 2 N–H and O–H groups in total. The van der Waals surface area contributed by atoms with Crippen molar-refractivity contribution in [1.29, 1.82) is 0 Å². The van der Waals surface area contributed by atoms with Gasteiger partial charge in [0.15, 0.2) is 0 Å². The maximum atomic E-state index is 12.6. The summed E-state index contributed by atoms with van der Waals surface area (Å²) in [6, 6.07) is -0.400. The predicted octanol–water partition coefficient (Wildman–Crippen LogP) is 2.49. The first-order valence-corrected chi connectivity index (χ1v) is 9.26. The van der Waals surface area contributed by atoms with E-state index in [2.05, 4.69) is 27.7 Å². The van der Waals surface area contributed by atoms with E-state index < -0.39 is 6.04 Å². The average Bonchev–Trinajstić information content (AvgIpc) is 2.42. The molecular weight excluding hydrogens is 302 g/mol. The number of piperazine rings is 1. The molecule has 2 amide bonds. The lowest BCUT2D eigenvalue weighted by molar-refractivity contribution is -0.144. The van der Waals surface area contributed by atoms with Crippen LogP contribution >= 0.6 is 0 Å². The number of carbonyl (C=O) groups is 2. The average molecular weight is 340 g/mol. The summed E-state index contributed by atoms with van der Waals surface area (Å²) < 4.78 is 0. The second-order valence-electron chi connectivity index (χ2n) is 9.06. The fourth-order valence-corrected chi connectivity index (χ4v) is 3.56. The van der Waals surface area contributed by atoms with Crippen LogP contribution in [0.15, 0.2) is 0 Å². The van der Waals surface area contributed by atoms with Gasteiger partial charge in [-0.2, -0.15) is 0 Å². The van der Waals surface area contributed by atoms with Crippen molar-refractivity contribution >= 4 is 11.8 Å². The highest BCUT2D eigenvalue weighted by molar-refractivity contribution is 5.82. The molecule has 1 fully saturated rings. The highest BCUT2D eigenvalue weighted by Gasteiger charge is 2.33. The first-order valence-electron chi connectivity index (χ1n) is 9.26. The number of nitrogens with two attached hydrogens (primary N) is 1. The van der Waals surface area contributed by atoms with Crippen molar-refractivity contribution in [3.05, 3.63) is 0 Å². The van der Waals surface area contributed by atoms with E-state index in [1.165, 1.54) is 0 Å². The third-order valence-corrected chi connectivity index (χ3v) is 4.75. The van der Waals surface area contributed by atoms with Crippen LogP contribution in [0.4, 0.5) is 0 Å². The molecule has 0 aromatic rings. The third kappa shape index (κ3) is 6.08. The van der Waals surface area contributed by atoms with Crippen molar-refractivity contribution in [1.82, 2.24) is 9.80 Å². The van der Waals surface area contributed by atoms with E-state index in [4.69, 9.17) is 5.73 Å². The number of nitrogens with zero attached hydrogens (tertiary/aromatic N) is 2. The zero-order valence-electron chi connectivity index (χ0n) is 16.6. The normalized spacial score (nSPS) is 21.8. The van der Waals surface area contributed by atoms with Crippen LogP contribution in [-0.2, 0) is 9.59 Å². The lowest BCUT2D eigenvalue weighted by Crippen LogP contribution is -2.58. The van der Waals surface area contributed by atoms with Gasteiger partial charge < -0.3 is 15.5 Å². The molecule has 0 radical (unpaired) electrons. The molecule has 1 aliphatic rings. The number of hydrogen-bond acceptors (Lipinski definition) is 3. The molecule has 1 saturated heterocycles. The quantitative estimate of drug-likeness (QED) is 0.837. The van der Waals surface area contributed by atoms with Crippen molar-refractivity contribution in [2.45, 2.75) is 73.4 Å². The Morgan fingerprint density at radius 1 is 1.17 bits per heavy atom. The molecule has 3 atom stereocenters. The molecule has 0 spiro atoms. The third-order valence-electron chi connectivity index (χ3n) is 4.75. The van der Waals surface area contributed by atoms with Gasteiger partial charge in [0.2, 0.25) is 11.8 Å². The van der Waals surface area contributed by atoms with Crippen LogP contribution in [0.25, 0.3) is 0 Å². The fourth-order valence-electron chi connectivity index (χ4n) is 3.56. The van der Waals surface area contributed by atoms with Gasteiger partial charge in [-0.25, -0.2) is 0 Å². The van der Waals surface area contributed by atoms with E-state index in [1.807, 2.05) is 30.6 Å². The summed E-state index contributed by atoms with van der Waals surface area (Å²) in [7, 11) is 0. The summed E-state index contributed by atoms with van der Waals surface area (Å²) in [5.41, 5.74) is 6.22. The molecule has 0 aromatic carbocycles. The molecular formula is C19H37N3O2. The predicted molar refractivity (Wildman–Crippen MR) is 98.4 cm³/mol. The zero-order chi connectivity index (χ0) is 18.7. The van der Waals surface area contributed by atoms with E-state index in [1.54, 1.807) is 0 Å². The molecule has 1 heterocycles. The van der Waals surface area contributed by atoms with Crippen molar-refractivity contribution in [3.8, 4) is 0 Å². The molecule has 3 unspecified atom stereocenters. The van der Waals surface area contributed by atoms with Gasteiger partial charge >= 0.3 is 0 Å². The van der Waals surface area contributed by atoms with E-state index in [-0.39, 0.29) is 29.2 Å². The summed E-state index contributed by atoms with van der Waals surface area (Å²) in [5.74, 6) is 0.717. The molecule has 140 valence electrons. The molecule has 5 nitrogen and oxygen atoms in total. The zero-order valence-corrected chi connectivity index (χ0v) is 16.6. The van der Waals surface area contributed by atoms with Gasteiger partial charge in [-0.15, -0.1) is 0 Å². The van der Waals surface area contributed by atoms with Gasteiger partial charge in [-0.3, -0.25) is 9.59 Å². The standard InChI is InChI=1S/C19H37N3O2/c1-13(2)17(20)18(24)21-8-9-22(15(4)12-21)16(23)10-14(3)11-19(5,6)7/h13-15,17H,8-12,20H2,1-7H3. The van der Waals surface area contributed by atoms with Gasteiger partial charge in [0.25, 0.3) is 0 Å². The minimum absolute atomic E-state index is 0.00468. The van der Waals surface area contributed by atoms with Crippen molar-refractivity contribution in [2.24, 2.45) is 23.0 Å². The van der Waals surface area contributed by atoms with E-state index in [0.717, 1.165) is 6.42 Å². The Balaban J connectivity index is 2.57. The Morgan fingerprint density at radius 2 is 1.75 bits per heavy atom. The van der Waals surface area contributed by atoms with E-state index in [9.17, 15) is 9.59 Å². The second-order valence-corrected chi connectivity index (χ2v) is 9.06. The Kier molecular flexibility index (Phi) is 7.26. The monoisotopic (exact) mass is 339 g/mol. The minimum Gasteiger partial charge on any atom is -0.338 e. The van der Waals surface area contributed by atoms with Gasteiger partial charge in [0, 0.05) is 32.1 Å². The highest BCUT2D eigenvalue weighted by Crippen LogP contribution is 2.27. The molecule has 0 aliphatic carbocycles. The summed E-state index contributed by atoms with van der Waals surface area (Å²) in [6.45, 7) is 16.5. The Labute approximate surface area is 147 Å². The van der Waals surface area contributed by atoms with Gasteiger partial charge in [-0.1, -0.05) is 41.5 Å². The van der Waals surface area contributed by atoms with E-state index in [0.29, 0.717) is 32.0 Å². The maximum Gasteiger partial charge on any atom is 0.239 e. The largest absolute Gasteiger partial charge is 0.338 e. The summed E-state index contributed by atoms with van der Waals surface area (Å²) >= 11 is 0. The second kappa shape index (κ2) is 8.32. The van der Waals surface area contributed by atoms with Crippen LogP contribution in [0.3, 0.4) is 0 Å². The molecule has 24 heavy (non-hydrogen) atoms.